The minimum Gasteiger partial charge on any atom is -0.494 e. The van der Waals surface area contributed by atoms with E-state index in [-0.39, 0.29) is 12.5 Å². The van der Waals surface area contributed by atoms with E-state index in [2.05, 4.69) is 24.5 Å². The van der Waals surface area contributed by atoms with Gasteiger partial charge in [-0.15, -0.1) is 0 Å². The van der Waals surface area contributed by atoms with Crippen molar-refractivity contribution in [1.82, 2.24) is 0 Å². The molecular formula is C26H30N2O3. The second kappa shape index (κ2) is 11.6. The molecule has 0 atom stereocenters. The summed E-state index contributed by atoms with van der Waals surface area (Å²) in [5.74, 6) is 2.02. The maximum atomic E-state index is 12.3. The van der Waals surface area contributed by atoms with Crippen molar-refractivity contribution in [2.45, 2.75) is 26.9 Å². The molecule has 0 heterocycles. The SMILES string of the molecule is CC(C)CCOc1cccc(NC(=O)CNc2ccc(OCc3ccccc3)cc2)c1. The normalized spacial score (nSPS) is 10.5. The lowest BCUT2D eigenvalue weighted by Crippen LogP contribution is -2.21. The van der Waals surface area contributed by atoms with Crippen molar-refractivity contribution in [2.75, 3.05) is 23.8 Å². The van der Waals surface area contributed by atoms with Gasteiger partial charge in [0.2, 0.25) is 5.91 Å². The first-order valence-electron chi connectivity index (χ1n) is 10.6. The molecule has 31 heavy (non-hydrogen) atoms. The molecule has 0 aromatic heterocycles. The van der Waals surface area contributed by atoms with E-state index in [0.29, 0.717) is 19.1 Å². The van der Waals surface area contributed by atoms with Crippen LogP contribution in [0, 0.1) is 5.92 Å². The van der Waals surface area contributed by atoms with Crippen molar-refractivity contribution in [2.24, 2.45) is 5.92 Å². The Morgan fingerprint density at radius 2 is 1.61 bits per heavy atom. The number of carbonyl (C=O) groups is 1. The number of hydrogen-bond acceptors (Lipinski definition) is 4. The first-order chi connectivity index (χ1) is 15.1. The molecule has 0 fully saturated rings. The summed E-state index contributed by atoms with van der Waals surface area (Å²) in [4.78, 5) is 12.3. The summed E-state index contributed by atoms with van der Waals surface area (Å²) in [6.45, 7) is 5.69. The van der Waals surface area contributed by atoms with E-state index in [1.54, 1.807) is 0 Å². The Hall–Kier alpha value is -3.47. The molecule has 0 aliphatic rings. The molecule has 0 saturated heterocycles. The standard InChI is InChI=1S/C26H30N2O3/c1-20(2)15-16-30-25-10-6-9-23(17-25)28-26(29)18-27-22-11-13-24(14-12-22)31-19-21-7-4-3-5-8-21/h3-14,17,20,27H,15-16,18-19H2,1-2H3,(H,28,29). The number of amides is 1. The van der Waals surface area contributed by atoms with Crippen molar-refractivity contribution in [3.63, 3.8) is 0 Å². The summed E-state index contributed by atoms with van der Waals surface area (Å²) < 4.78 is 11.5. The largest absolute Gasteiger partial charge is 0.494 e. The molecule has 162 valence electrons. The van der Waals surface area contributed by atoms with Crippen LogP contribution in [0.3, 0.4) is 0 Å². The van der Waals surface area contributed by atoms with Crippen LogP contribution < -0.4 is 20.1 Å². The van der Waals surface area contributed by atoms with Crippen molar-refractivity contribution >= 4 is 17.3 Å². The van der Waals surface area contributed by atoms with Gasteiger partial charge in [0.25, 0.3) is 0 Å². The summed E-state index contributed by atoms with van der Waals surface area (Å²) in [5.41, 5.74) is 2.70. The van der Waals surface area contributed by atoms with Gasteiger partial charge in [0.1, 0.15) is 18.1 Å². The Morgan fingerprint density at radius 3 is 2.35 bits per heavy atom. The molecule has 1 amide bonds. The highest BCUT2D eigenvalue weighted by Crippen LogP contribution is 2.19. The van der Waals surface area contributed by atoms with Crippen LogP contribution in [0.4, 0.5) is 11.4 Å². The zero-order valence-electron chi connectivity index (χ0n) is 18.1. The topological polar surface area (TPSA) is 59.6 Å². The van der Waals surface area contributed by atoms with Crippen molar-refractivity contribution in [1.29, 1.82) is 0 Å². The molecule has 5 heteroatoms. The molecule has 0 unspecified atom stereocenters. The number of hydrogen-bond donors (Lipinski definition) is 2. The molecule has 3 rings (SSSR count). The predicted molar refractivity (Wildman–Crippen MR) is 126 cm³/mol. The van der Waals surface area contributed by atoms with Gasteiger partial charge in [-0.1, -0.05) is 50.2 Å². The predicted octanol–water partition coefficient (Wildman–Crippen LogP) is 5.74. The van der Waals surface area contributed by atoms with Crippen LogP contribution in [0.1, 0.15) is 25.8 Å². The number of rotatable bonds is 11. The quantitative estimate of drug-likeness (QED) is 0.417. The minimum atomic E-state index is -0.122. The number of benzene rings is 3. The molecule has 0 radical (unpaired) electrons. The zero-order valence-corrected chi connectivity index (χ0v) is 18.1. The van der Waals surface area contributed by atoms with Gasteiger partial charge in [0, 0.05) is 17.4 Å². The third-order valence-electron chi connectivity index (χ3n) is 4.64. The lowest BCUT2D eigenvalue weighted by Gasteiger charge is -2.11. The fourth-order valence-corrected chi connectivity index (χ4v) is 2.87. The Labute approximate surface area is 184 Å². The summed E-state index contributed by atoms with van der Waals surface area (Å²) in [7, 11) is 0. The molecule has 0 saturated carbocycles. The lowest BCUT2D eigenvalue weighted by atomic mass is 10.1. The smallest absolute Gasteiger partial charge is 0.243 e. The average Bonchev–Trinajstić information content (AvgIpc) is 2.78. The second-order valence-corrected chi connectivity index (χ2v) is 7.76. The van der Waals surface area contributed by atoms with Crippen LogP contribution in [0.15, 0.2) is 78.9 Å². The maximum Gasteiger partial charge on any atom is 0.243 e. The summed E-state index contributed by atoms with van der Waals surface area (Å²) >= 11 is 0. The Balaban J connectivity index is 1.42. The van der Waals surface area contributed by atoms with Gasteiger partial charge in [-0.2, -0.15) is 0 Å². The van der Waals surface area contributed by atoms with Gasteiger partial charge in [-0.25, -0.2) is 0 Å². The third-order valence-corrected chi connectivity index (χ3v) is 4.64. The summed E-state index contributed by atoms with van der Waals surface area (Å²) in [5, 5.41) is 6.02. The van der Waals surface area contributed by atoms with E-state index >= 15 is 0 Å². The van der Waals surface area contributed by atoms with Crippen LogP contribution in [0.2, 0.25) is 0 Å². The molecule has 3 aromatic rings. The maximum absolute atomic E-state index is 12.3. The van der Waals surface area contributed by atoms with Crippen molar-refractivity contribution in [3.8, 4) is 11.5 Å². The molecule has 0 bridgehead atoms. The number of carbonyl (C=O) groups excluding carboxylic acids is 1. The molecule has 3 aromatic carbocycles. The first-order valence-corrected chi connectivity index (χ1v) is 10.6. The Morgan fingerprint density at radius 1 is 0.839 bits per heavy atom. The van der Waals surface area contributed by atoms with Crippen molar-refractivity contribution in [3.05, 3.63) is 84.4 Å². The fraction of sp³-hybridized carbons (Fsp3) is 0.269. The summed E-state index contributed by atoms with van der Waals surface area (Å²) in [6.07, 6.45) is 0.997. The molecule has 5 nitrogen and oxygen atoms in total. The van der Waals surface area contributed by atoms with Crippen LogP contribution in [-0.4, -0.2) is 19.1 Å². The highest BCUT2D eigenvalue weighted by Gasteiger charge is 2.05. The average molecular weight is 419 g/mol. The second-order valence-electron chi connectivity index (χ2n) is 7.76. The monoisotopic (exact) mass is 418 g/mol. The Kier molecular flexibility index (Phi) is 8.35. The van der Waals surface area contributed by atoms with Crippen LogP contribution >= 0.6 is 0 Å². The lowest BCUT2D eigenvalue weighted by molar-refractivity contribution is -0.114. The van der Waals surface area contributed by atoms with Gasteiger partial charge in [0.15, 0.2) is 0 Å². The van der Waals surface area contributed by atoms with E-state index in [0.717, 1.165) is 34.9 Å². The number of nitrogens with one attached hydrogen (secondary N) is 2. The van der Waals surface area contributed by atoms with E-state index in [1.165, 1.54) is 0 Å². The number of ether oxygens (including phenoxy) is 2. The van der Waals surface area contributed by atoms with E-state index < -0.39 is 0 Å². The van der Waals surface area contributed by atoms with Gasteiger partial charge in [-0.3, -0.25) is 4.79 Å². The molecule has 0 aliphatic heterocycles. The molecule has 0 spiro atoms. The zero-order chi connectivity index (χ0) is 21.9. The highest BCUT2D eigenvalue weighted by molar-refractivity contribution is 5.93. The van der Waals surface area contributed by atoms with E-state index in [4.69, 9.17) is 9.47 Å². The molecule has 2 N–H and O–H groups in total. The third kappa shape index (κ3) is 8.05. The summed E-state index contributed by atoms with van der Waals surface area (Å²) in [6, 6.07) is 25.1. The van der Waals surface area contributed by atoms with Gasteiger partial charge in [0.05, 0.1) is 13.2 Å². The first kappa shape index (κ1) is 22.2. The number of anilines is 2. The van der Waals surface area contributed by atoms with Crippen molar-refractivity contribution < 1.29 is 14.3 Å². The Bertz CT molecular complexity index is 940. The minimum absolute atomic E-state index is 0.122. The molecular weight excluding hydrogens is 388 g/mol. The highest BCUT2D eigenvalue weighted by atomic mass is 16.5. The van der Waals surface area contributed by atoms with Gasteiger partial charge >= 0.3 is 0 Å². The van der Waals surface area contributed by atoms with E-state index in [1.807, 2.05) is 78.9 Å². The van der Waals surface area contributed by atoms with Gasteiger partial charge < -0.3 is 20.1 Å². The van der Waals surface area contributed by atoms with Crippen LogP contribution in [-0.2, 0) is 11.4 Å². The molecule has 0 aliphatic carbocycles. The van der Waals surface area contributed by atoms with Gasteiger partial charge in [-0.05, 0) is 54.3 Å². The fourth-order valence-electron chi connectivity index (χ4n) is 2.87. The van der Waals surface area contributed by atoms with Crippen LogP contribution in [0.25, 0.3) is 0 Å². The van der Waals surface area contributed by atoms with E-state index in [9.17, 15) is 4.79 Å². The van der Waals surface area contributed by atoms with Crippen LogP contribution in [0.5, 0.6) is 11.5 Å².